The molecular weight excluding hydrogens is 512 g/mol. The van der Waals surface area contributed by atoms with Crippen LogP contribution in [0.5, 0.6) is 0 Å². The lowest BCUT2D eigenvalue weighted by Crippen LogP contribution is -2.04. The van der Waals surface area contributed by atoms with Gasteiger partial charge in [0.1, 0.15) is 23.0 Å². The molecule has 11 heteroatoms. The number of fused-ring (bicyclic) bond motifs is 2. The van der Waals surface area contributed by atoms with Crippen LogP contribution in [0.4, 0.5) is 8.78 Å². The van der Waals surface area contributed by atoms with Gasteiger partial charge < -0.3 is 4.57 Å². The van der Waals surface area contributed by atoms with Gasteiger partial charge >= 0.3 is 0 Å². The van der Waals surface area contributed by atoms with Crippen molar-refractivity contribution in [2.45, 2.75) is 20.0 Å². The quantitative estimate of drug-likeness (QED) is 0.295. The molecule has 0 amide bonds. The number of hydrogen-bond acceptors (Lipinski definition) is 6. The van der Waals surface area contributed by atoms with Gasteiger partial charge in [0.05, 0.1) is 42.0 Å². The van der Waals surface area contributed by atoms with Crippen LogP contribution in [0.25, 0.3) is 39.3 Å². The Labute approximate surface area is 226 Å². The topological polar surface area (TPSA) is 92.1 Å². The van der Waals surface area contributed by atoms with Crippen LogP contribution in [0.15, 0.2) is 85.8 Å². The number of nitrogens with zero attached hydrogens (tertiary/aromatic N) is 9. The van der Waals surface area contributed by atoms with Gasteiger partial charge in [-0.05, 0) is 48.4 Å². The van der Waals surface area contributed by atoms with E-state index in [2.05, 4.69) is 25.0 Å². The van der Waals surface area contributed by atoms with Crippen LogP contribution in [0.2, 0.25) is 0 Å². The largest absolute Gasteiger partial charge is 0.322 e. The molecule has 0 aliphatic heterocycles. The van der Waals surface area contributed by atoms with Crippen LogP contribution in [0, 0.1) is 18.6 Å². The summed E-state index contributed by atoms with van der Waals surface area (Å²) in [6.45, 7) is 2.69. The zero-order valence-corrected chi connectivity index (χ0v) is 21.3. The van der Waals surface area contributed by atoms with Crippen LogP contribution in [-0.4, -0.2) is 43.8 Å². The number of aromatic nitrogens is 9. The molecule has 0 radical (unpaired) electrons. The zero-order chi connectivity index (χ0) is 27.2. The lowest BCUT2D eigenvalue weighted by atomic mass is 10.2. The van der Waals surface area contributed by atoms with Gasteiger partial charge in [-0.15, -0.1) is 0 Å². The molecule has 6 aromatic heterocycles. The van der Waals surface area contributed by atoms with Crippen LogP contribution in [0.3, 0.4) is 0 Å². The highest BCUT2D eigenvalue weighted by Gasteiger charge is 2.15. The van der Waals surface area contributed by atoms with Gasteiger partial charge in [-0.3, -0.25) is 19.2 Å². The first-order valence-electron chi connectivity index (χ1n) is 12.5. The fraction of sp³-hybridized carbons (Fsp3) is 0.103. The van der Waals surface area contributed by atoms with Crippen molar-refractivity contribution in [1.29, 1.82) is 0 Å². The van der Waals surface area contributed by atoms with Crippen molar-refractivity contribution in [2.75, 3.05) is 0 Å². The molecule has 7 rings (SSSR count). The zero-order valence-electron chi connectivity index (χ0n) is 21.3. The summed E-state index contributed by atoms with van der Waals surface area (Å²) in [7, 11) is 0. The van der Waals surface area contributed by atoms with Crippen molar-refractivity contribution in [1.82, 2.24) is 43.8 Å². The fourth-order valence-corrected chi connectivity index (χ4v) is 4.83. The molecule has 0 saturated heterocycles. The van der Waals surface area contributed by atoms with Gasteiger partial charge in [-0.25, -0.2) is 23.7 Å². The summed E-state index contributed by atoms with van der Waals surface area (Å²) in [6.07, 6.45) is 12.6. The summed E-state index contributed by atoms with van der Waals surface area (Å²) in [5, 5.41) is 4.48. The summed E-state index contributed by atoms with van der Waals surface area (Å²) in [4.78, 5) is 22.8. The van der Waals surface area contributed by atoms with E-state index in [0.29, 0.717) is 34.9 Å². The maximum atomic E-state index is 13.8. The summed E-state index contributed by atoms with van der Waals surface area (Å²) >= 11 is 0. The molecule has 196 valence electrons. The monoisotopic (exact) mass is 533 g/mol. The molecule has 0 saturated carbocycles. The van der Waals surface area contributed by atoms with Gasteiger partial charge in [0.2, 0.25) is 0 Å². The van der Waals surface area contributed by atoms with E-state index in [1.54, 1.807) is 24.8 Å². The maximum absolute atomic E-state index is 13.8. The van der Waals surface area contributed by atoms with Gasteiger partial charge in [0, 0.05) is 43.0 Å². The lowest BCUT2D eigenvalue weighted by Gasteiger charge is -2.09. The summed E-state index contributed by atoms with van der Waals surface area (Å²) < 4.78 is 33.3. The molecule has 0 aliphatic rings. The second-order valence-corrected chi connectivity index (χ2v) is 9.50. The summed E-state index contributed by atoms with van der Waals surface area (Å²) in [5.41, 5.74) is 6.50. The van der Waals surface area contributed by atoms with Crippen molar-refractivity contribution in [3.05, 3.63) is 114 Å². The molecule has 6 heterocycles. The highest BCUT2D eigenvalue weighted by Crippen LogP contribution is 2.25. The number of aryl methyl sites for hydroxylation is 1. The minimum absolute atomic E-state index is 0.252. The van der Waals surface area contributed by atoms with Gasteiger partial charge in [-0.1, -0.05) is 6.07 Å². The van der Waals surface area contributed by atoms with Gasteiger partial charge in [0.25, 0.3) is 0 Å². The van der Waals surface area contributed by atoms with Crippen molar-refractivity contribution in [2.24, 2.45) is 0 Å². The molecule has 0 N–H and O–H groups in total. The number of imidazole rings is 1. The van der Waals surface area contributed by atoms with E-state index in [1.807, 2.05) is 63.6 Å². The van der Waals surface area contributed by atoms with Gasteiger partial charge in [-0.2, -0.15) is 5.10 Å². The van der Waals surface area contributed by atoms with Crippen molar-refractivity contribution < 1.29 is 8.78 Å². The first-order valence-corrected chi connectivity index (χ1v) is 12.5. The molecule has 0 aliphatic carbocycles. The number of hydrogen-bond donors (Lipinski definition) is 0. The summed E-state index contributed by atoms with van der Waals surface area (Å²) in [5.74, 6) is -0.551. The molecule has 1 aromatic carbocycles. The maximum Gasteiger partial charge on any atom is 0.178 e. The van der Waals surface area contributed by atoms with E-state index < -0.39 is 11.6 Å². The highest BCUT2D eigenvalue weighted by atomic mass is 19.1. The highest BCUT2D eigenvalue weighted by molar-refractivity contribution is 5.79. The number of rotatable bonds is 6. The lowest BCUT2D eigenvalue weighted by molar-refractivity contribution is 0.577. The molecule has 0 unspecified atom stereocenters. The summed E-state index contributed by atoms with van der Waals surface area (Å²) in [6, 6.07) is 11.2. The molecule has 0 bridgehead atoms. The Balaban J connectivity index is 1.25. The predicted molar refractivity (Wildman–Crippen MR) is 145 cm³/mol. The Kier molecular flexibility index (Phi) is 5.62. The fourth-order valence-electron chi connectivity index (χ4n) is 4.83. The minimum Gasteiger partial charge on any atom is -0.322 e. The smallest absolute Gasteiger partial charge is 0.178 e. The third-order valence-corrected chi connectivity index (χ3v) is 6.71. The van der Waals surface area contributed by atoms with E-state index in [0.717, 1.165) is 33.9 Å². The van der Waals surface area contributed by atoms with E-state index in [-0.39, 0.29) is 6.54 Å². The minimum atomic E-state index is -0.619. The Bertz CT molecular complexity index is 1990. The predicted octanol–water partition coefficient (Wildman–Crippen LogP) is 5.11. The number of benzene rings is 1. The standard InChI is InChI=1S/C29H21F2N9/c1-18-36-28-27(40(18)16-20-7-22(30)9-23(31)8-20)10-24(13-34-28)39-6-4-25-29(39)37-26(14-33-25)21-12-35-38(17-21)15-19-3-2-5-32-11-19/h2-14,17H,15-16H2,1H3. The number of pyridine rings is 2. The molecule has 7 aromatic rings. The van der Waals surface area contributed by atoms with E-state index in [1.165, 1.54) is 12.1 Å². The Morgan fingerprint density at radius 1 is 0.850 bits per heavy atom. The SMILES string of the molecule is Cc1nc2ncc(-n3ccc4ncc(-c5cnn(Cc6cccnc6)c5)nc43)cc2n1Cc1cc(F)cc(F)c1. The van der Waals surface area contributed by atoms with Crippen LogP contribution < -0.4 is 0 Å². The Hall–Kier alpha value is -5.32. The van der Waals surface area contributed by atoms with Crippen molar-refractivity contribution in [3.63, 3.8) is 0 Å². The first-order chi connectivity index (χ1) is 19.5. The molecule has 9 nitrogen and oxygen atoms in total. The van der Waals surface area contributed by atoms with E-state index in [9.17, 15) is 8.78 Å². The average molecular weight is 534 g/mol. The number of halogens is 2. The molecule has 0 spiro atoms. The van der Waals surface area contributed by atoms with Crippen molar-refractivity contribution in [3.8, 4) is 16.9 Å². The molecule has 0 atom stereocenters. The first kappa shape index (κ1) is 23.8. The van der Waals surface area contributed by atoms with Crippen LogP contribution in [-0.2, 0) is 13.1 Å². The molecule has 40 heavy (non-hydrogen) atoms. The molecule has 0 fully saturated rings. The second-order valence-electron chi connectivity index (χ2n) is 9.50. The third kappa shape index (κ3) is 4.37. The molecular formula is C29H21F2N9. The van der Waals surface area contributed by atoms with E-state index in [4.69, 9.17) is 4.98 Å². The average Bonchev–Trinajstić information content (AvgIpc) is 3.66. The van der Waals surface area contributed by atoms with Gasteiger partial charge in [0.15, 0.2) is 11.3 Å². The Morgan fingerprint density at radius 3 is 2.55 bits per heavy atom. The Morgan fingerprint density at radius 2 is 1.73 bits per heavy atom. The van der Waals surface area contributed by atoms with Crippen LogP contribution >= 0.6 is 0 Å². The third-order valence-electron chi connectivity index (χ3n) is 6.71. The van der Waals surface area contributed by atoms with Crippen LogP contribution in [0.1, 0.15) is 17.0 Å². The van der Waals surface area contributed by atoms with E-state index >= 15 is 0 Å². The second kappa shape index (κ2) is 9.45. The normalized spacial score (nSPS) is 11.6. The van der Waals surface area contributed by atoms with Crippen molar-refractivity contribution >= 4 is 22.3 Å².